The maximum absolute atomic E-state index is 12.4. The molecule has 2 atom stereocenters. The van der Waals surface area contributed by atoms with Gasteiger partial charge in [-0.25, -0.2) is 0 Å². The van der Waals surface area contributed by atoms with Crippen LogP contribution < -0.4 is 5.32 Å². The molecule has 21 heavy (non-hydrogen) atoms. The van der Waals surface area contributed by atoms with Gasteiger partial charge in [0.25, 0.3) is 0 Å². The van der Waals surface area contributed by atoms with Crippen LogP contribution in [0.2, 0.25) is 0 Å². The Bertz CT molecular complexity index is 547. The Morgan fingerprint density at radius 3 is 2.71 bits per heavy atom. The number of amides is 1. The molecule has 1 aliphatic heterocycles. The molecule has 1 aromatic rings. The third-order valence-corrected chi connectivity index (χ3v) is 4.43. The standard InChI is InChI=1S/C17H23N3O/c1-12(2)15-8-9-20(11-15)13(3)17(21)19-16-7-5-4-6-14(16)10-18/h4-7,12-13,15H,8-9,11H2,1-3H3,(H,19,21). The van der Waals surface area contributed by atoms with Crippen molar-refractivity contribution in [2.24, 2.45) is 11.8 Å². The highest BCUT2D eigenvalue weighted by Crippen LogP contribution is 2.25. The van der Waals surface area contributed by atoms with Crippen LogP contribution in [0.3, 0.4) is 0 Å². The van der Waals surface area contributed by atoms with Gasteiger partial charge in [0.2, 0.25) is 5.91 Å². The molecule has 4 heteroatoms. The van der Waals surface area contributed by atoms with Crippen LogP contribution in [0.25, 0.3) is 0 Å². The Hall–Kier alpha value is -1.86. The lowest BCUT2D eigenvalue weighted by Gasteiger charge is -2.24. The lowest BCUT2D eigenvalue weighted by Crippen LogP contribution is -2.41. The highest BCUT2D eigenvalue weighted by molar-refractivity contribution is 5.95. The molecule has 1 saturated heterocycles. The van der Waals surface area contributed by atoms with E-state index < -0.39 is 0 Å². The number of rotatable bonds is 4. The molecule has 0 bridgehead atoms. The largest absolute Gasteiger partial charge is 0.324 e. The number of likely N-dealkylation sites (tertiary alicyclic amines) is 1. The number of carbonyl (C=O) groups is 1. The first-order chi connectivity index (χ1) is 10.0. The van der Waals surface area contributed by atoms with Crippen molar-refractivity contribution in [3.8, 4) is 6.07 Å². The first kappa shape index (κ1) is 15.5. The fraction of sp³-hybridized carbons (Fsp3) is 0.529. The number of hydrogen-bond acceptors (Lipinski definition) is 3. The minimum absolute atomic E-state index is 0.0397. The van der Waals surface area contributed by atoms with Crippen LogP contribution in [0.15, 0.2) is 24.3 Å². The fourth-order valence-corrected chi connectivity index (χ4v) is 2.80. The number of hydrogen-bond donors (Lipinski definition) is 1. The minimum Gasteiger partial charge on any atom is -0.324 e. The maximum atomic E-state index is 12.4. The van der Waals surface area contributed by atoms with Gasteiger partial charge in [0.05, 0.1) is 17.3 Å². The zero-order valence-corrected chi connectivity index (χ0v) is 13.0. The van der Waals surface area contributed by atoms with Crippen molar-refractivity contribution in [3.63, 3.8) is 0 Å². The first-order valence-corrected chi connectivity index (χ1v) is 7.57. The molecule has 2 rings (SSSR count). The summed E-state index contributed by atoms with van der Waals surface area (Å²) in [6, 6.07) is 9.04. The van der Waals surface area contributed by atoms with Crippen molar-refractivity contribution in [1.29, 1.82) is 5.26 Å². The Labute approximate surface area is 126 Å². The van der Waals surface area contributed by atoms with E-state index in [9.17, 15) is 4.79 Å². The van der Waals surface area contributed by atoms with E-state index in [2.05, 4.69) is 30.1 Å². The number of nitrogens with one attached hydrogen (secondary N) is 1. The maximum Gasteiger partial charge on any atom is 0.241 e. The number of nitriles is 1. The summed E-state index contributed by atoms with van der Waals surface area (Å²) >= 11 is 0. The van der Waals surface area contributed by atoms with Crippen molar-refractivity contribution in [3.05, 3.63) is 29.8 Å². The minimum atomic E-state index is -0.166. The van der Waals surface area contributed by atoms with Gasteiger partial charge in [-0.3, -0.25) is 9.69 Å². The summed E-state index contributed by atoms with van der Waals surface area (Å²) in [4.78, 5) is 14.6. The lowest BCUT2D eigenvalue weighted by molar-refractivity contribution is -0.120. The molecule has 112 valence electrons. The highest BCUT2D eigenvalue weighted by atomic mass is 16.2. The Morgan fingerprint density at radius 2 is 2.10 bits per heavy atom. The van der Waals surface area contributed by atoms with Crippen LogP contribution in [0, 0.1) is 23.2 Å². The van der Waals surface area contributed by atoms with E-state index in [1.54, 1.807) is 18.2 Å². The molecule has 0 radical (unpaired) electrons. The molecule has 1 fully saturated rings. The van der Waals surface area contributed by atoms with Crippen molar-refractivity contribution < 1.29 is 4.79 Å². The molecule has 1 N–H and O–H groups in total. The van der Waals surface area contributed by atoms with Crippen molar-refractivity contribution in [2.45, 2.75) is 33.2 Å². The Kier molecular flexibility index (Phi) is 4.98. The molecule has 1 amide bonds. The molecule has 0 aliphatic carbocycles. The number of nitrogens with zero attached hydrogens (tertiary/aromatic N) is 2. The second-order valence-corrected chi connectivity index (χ2v) is 6.11. The van der Waals surface area contributed by atoms with E-state index in [1.807, 2.05) is 13.0 Å². The van der Waals surface area contributed by atoms with E-state index in [-0.39, 0.29) is 11.9 Å². The van der Waals surface area contributed by atoms with Crippen molar-refractivity contribution in [1.82, 2.24) is 4.90 Å². The molecule has 2 unspecified atom stereocenters. The van der Waals surface area contributed by atoms with Gasteiger partial charge >= 0.3 is 0 Å². The summed E-state index contributed by atoms with van der Waals surface area (Å²) in [5.41, 5.74) is 1.09. The SMILES string of the molecule is CC(C)C1CCN(C(C)C(=O)Nc2ccccc2C#N)C1. The topological polar surface area (TPSA) is 56.1 Å². The van der Waals surface area contributed by atoms with Gasteiger partial charge in [0, 0.05) is 6.54 Å². The summed E-state index contributed by atoms with van der Waals surface area (Å²) in [7, 11) is 0. The van der Waals surface area contributed by atoms with E-state index >= 15 is 0 Å². The normalized spacial score (nSPS) is 20.2. The van der Waals surface area contributed by atoms with E-state index in [4.69, 9.17) is 5.26 Å². The summed E-state index contributed by atoms with van der Waals surface area (Å²) < 4.78 is 0. The zero-order chi connectivity index (χ0) is 15.4. The van der Waals surface area contributed by atoms with E-state index in [0.29, 0.717) is 23.1 Å². The van der Waals surface area contributed by atoms with Crippen LogP contribution in [0.1, 0.15) is 32.8 Å². The molecule has 1 aromatic carbocycles. The fourth-order valence-electron chi connectivity index (χ4n) is 2.80. The van der Waals surface area contributed by atoms with E-state index in [0.717, 1.165) is 19.5 Å². The molecule has 1 aliphatic rings. The predicted octanol–water partition coefficient (Wildman–Crippen LogP) is 2.86. The molecule has 0 saturated carbocycles. The summed E-state index contributed by atoms with van der Waals surface area (Å²) in [5.74, 6) is 1.29. The predicted molar refractivity (Wildman–Crippen MR) is 83.8 cm³/mol. The molecule has 0 spiro atoms. The van der Waals surface area contributed by atoms with Crippen LogP contribution in [-0.4, -0.2) is 29.9 Å². The highest BCUT2D eigenvalue weighted by Gasteiger charge is 2.31. The molecule has 1 heterocycles. The Balaban J connectivity index is 1.99. The lowest BCUT2D eigenvalue weighted by atomic mass is 9.95. The number of benzene rings is 1. The summed E-state index contributed by atoms with van der Waals surface area (Å²) in [6.07, 6.45) is 1.16. The van der Waals surface area contributed by atoms with Gasteiger partial charge in [-0.1, -0.05) is 26.0 Å². The summed E-state index contributed by atoms with van der Waals surface area (Å²) in [5, 5.41) is 11.9. The van der Waals surface area contributed by atoms with Crippen LogP contribution in [0.4, 0.5) is 5.69 Å². The smallest absolute Gasteiger partial charge is 0.241 e. The number of anilines is 1. The average molecular weight is 285 g/mol. The summed E-state index contributed by atoms with van der Waals surface area (Å²) in [6.45, 7) is 8.36. The quantitative estimate of drug-likeness (QED) is 0.925. The third kappa shape index (κ3) is 3.62. The second kappa shape index (κ2) is 6.73. The van der Waals surface area contributed by atoms with Crippen LogP contribution >= 0.6 is 0 Å². The third-order valence-electron chi connectivity index (χ3n) is 4.43. The number of para-hydroxylation sites is 1. The van der Waals surface area contributed by atoms with Gasteiger partial charge in [-0.15, -0.1) is 0 Å². The average Bonchev–Trinajstić information content (AvgIpc) is 2.97. The van der Waals surface area contributed by atoms with E-state index in [1.165, 1.54) is 0 Å². The monoisotopic (exact) mass is 285 g/mol. The van der Waals surface area contributed by atoms with Crippen LogP contribution in [0.5, 0.6) is 0 Å². The first-order valence-electron chi connectivity index (χ1n) is 7.57. The molecular weight excluding hydrogens is 262 g/mol. The molecular formula is C17H23N3O. The van der Waals surface area contributed by atoms with Gasteiger partial charge in [0.1, 0.15) is 6.07 Å². The molecule has 0 aromatic heterocycles. The van der Waals surface area contributed by atoms with Gasteiger partial charge in [-0.2, -0.15) is 5.26 Å². The van der Waals surface area contributed by atoms with Crippen molar-refractivity contribution in [2.75, 3.05) is 18.4 Å². The van der Waals surface area contributed by atoms with Crippen LogP contribution in [-0.2, 0) is 4.79 Å². The second-order valence-electron chi connectivity index (χ2n) is 6.11. The van der Waals surface area contributed by atoms with Gasteiger partial charge in [-0.05, 0) is 43.9 Å². The van der Waals surface area contributed by atoms with Gasteiger partial charge < -0.3 is 5.32 Å². The zero-order valence-electron chi connectivity index (χ0n) is 13.0. The Morgan fingerprint density at radius 1 is 1.38 bits per heavy atom. The number of carbonyl (C=O) groups excluding carboxylic acids is 1. The van der Waals surface area contributed by atoms with Gasteiger partial charge in [0.15, 0.2) is 0 Å². The van der Waals surface area contributed by atoms with Crippen molar-refractivity contribution >= 4 is 11.6 Å². The molecule has 4 nitrogen and oxygen atoms in total.